The van der Waals surface area contributed by atoms with Crippen LogP contribution in [-0.2, 0) is 0 Å². The molecule has 0 spiro atoms. The number of hydrogen-bond donors (Lipinski definition) is 0. The van der Waals surface area contributed by atoms with E-state index in [-0.39, 0.29) is 6.61 Å². The minimum Gasteiger partial charge on any atom is -0.481 e. The molecule has 0 heterocycles. The molecule has 0 aliphatic heterocycles. The summed E-state index contributed by atoms with van der Waals surface area (Å²) in [6.45, 7) is 0.253. The topological polar surface area (TPSA) is 30.8 Å². The highest BCUT2D eigenvalue weighted by molar-refractivity contribution is 5.82. The van der Waals surface area contributed by atoms with Crippen LogP contribution in [0.2, 0.25) is 0 Å². The number of nitrogens with zero attached hydrogens (tertiary/aromatic N) is 1. The molecule has 3 aromatic rings. The molecule has 0 N–H and O–H groups in total. The van der Waals surface area contributed by atoms with E-state index in [1.54, 1.807) is 6.21 Å². The normalized spacial score (nSPS) is 10.4. The van der Waals surface area contributed by atoms with E-state index in [1.165, 1.54) is 0 Å². The molecule has 3 rings (SSSR count). The molecule has 0 atom stereocenters. The first-order valence-corrected chi connectivity index (χ1v) is 7.87. The van der Waals surface area contributed by atoms with Gasteiger partial charge in [-0.1, -0.05) is 36.3 Å². The standard InChI is InChI=1S/C22H17NO2/c1-2-15-24-22-10-6-7-18(16-22)17-23-19-11-13-21(14-12-19)25-20-8-4-3-5-9-20/h1,3-14,16-17H,15H2. The molecule has 0 amide bonds. The number of para-hydroxylation sites is 1. The van der Waals surface area contributed by atoms with Gasteiger partial charge in [-0.05, 0) is 54.1 Å². The van der Waals surface area contributed by atoms with Crippen LogP contribution in [0, 0.1) is 12.3 Å². The first-order valence-electron chi connectivity index (χ1n) is 7.87. The molecular formula is C22H17NO2. The Kier molecular flexibility index (Phi) is 5.48. The second kappa shape index (κ2) is 8.37. The van der Waals surface area contributed by atoms with Crippen molar-refractivity contribution in [3.63, 3.8) is 0 Å². The number of ether oxygens (including phenoxy) is 2. The number of rotatable bonds is 6. The Bertz CT molecular complexity index is 878. The Hall–Kier alpha value is -3.51. The third kappa shape index (κ3) is 4.98. The van der Waals surface area contributed by atoms with Crippen molar-refractivity contribution < 1.29 is 9.47 Å². The van der Waals surface area contributed by atoms with Crippen molar-refractivity contribution in [1.29, 1.82) is 0 Å². The lowest BCUT2D eigenvalue weighted by molar-refractivity contribution is 0.370. The smallest absolute Gasteiger partial charge is 0.148 e. The molecule has 0 radical (unpaired) electrons. The van der Waals surface area contributed by atoms with Crippen LogP contribution in [0.1, 0.15) is 5.56 Å². The maximum Gasteiger partial charge on any atom is 0.148 e. The largest absolute Gasteiger partial charge is 0.481 e. The molecule has 0 aromatic heterocycles. The monoisotopic (exact) mass is 327 g/mol. The molecular weight excluding hydrogens is 310 g/mol. The zero-order valence-corrected chi connectivity index (χ0v) is 13.6. The van der Waals surface area contributed by atoms with Crippen LogP contribution in [0.15, 0.2) is 83.9 Å². The van der Waals surface area contributed by atoms with Gasteiger partial charge >= 0.3 is 0 Å². The van der Waals surface area contributed by atoms with Crippen LogP contribution < -0.4 is 9.47 Å². The molecule has 0 bridgehead atoms. The van der Waals surface area contributed by atoms with Gasteiger partial charge in [0.1, 0.15) is 23.9 Å². The Morgan fingerprint density at radius 2 is 1.56 bits per heavy atom. The summed E-state index contributed by atoms with van der Waals surface area (Å²) in [6, 6.07) is 24.9. The molecule has 122 valence electrons. The average Bonchev–Trinajstić information content (AvgIpc) is 2.67. The molecule has 0 aliphatic rings. The van der Waals surface area contributed by atoms with Gasteiger partial charge in [-0.3, -0.25) is 4.99 Å². The van der Waals surface area contributed by atoms with Crippen LogP contribution in [0.4, 0.5) is 5.69 Å². The molecule has 3 aromatic carbocycles. The van der Waals surface area contributed by atoms with Crippen molar-refractivity contribution in [2.75, 3.05) is 6.61 Å². The quantitative estimate of drug-likeness (QED) is 0.458. The zero-order valence-electron chi connectivity index (χ0n) is 13.6. The molecule has 3 nitrogen and oxygen atoms in total. The molecule has 3 heteroatoms. The number of hydrogen-bond acceptors (Lipinski definition) is 3. The van der Waals surface area contributed by atoms with Crippen LogP contribution in [0.25, 0.3) is 0 Å². The van der Waals surface area contributed by atoms with Gasteiger partial charge in [-0.2, -0.15) is 0 Å². The van der Waals surface area contributed by atoms with Gasteiger partial charge in [0.15, 0.2) is 0 Å². The fraction of sp³-hybridized carbons (Fsp3) is 0.0455. The first-order chi connectivity index (χ1) is 12.3. The highest BCUT2D eigenvalue weighted by Gasteiger charge is 1.97. The zero-order chi connectivity index (χ0) is 17.3. The lowest BCUT2D eigenvalue weighted by atomic mass is 10.2. The summed E-state index contributed by atoms with van der Waals surface area (Å²) in [4.78, 5) is 4.47. The van der Waals surface area contributed by atoms with Gasteiger partial charge in [0.25, 0.3) is 0 Å². The summed E-state index contributed by atoms with van der Waals surface area (Å²) < 4.78 is 11.2. The molecule has 0 saturated carbocycles. The van der Waals surface area contributed by atoms with Gasteiger partial charge in [0.05, 0.1) is 5.69 Å². The van der Waals surface area contributed by atoms with E-state index in [4.69, 9.17) is 15.9 Å². The average molecular weight is 327 g/mol. The summed E-state index contributed by atoms with van der Waals surface area (Å²) in [7, 11) is 0. The van der Waals surface area contributed by atoms with Gasteiger partial charge in [-0.15, -0.1) is 6.42 Å². The van der Waals surface area contributed by atoms with Gasteiger partial charge in [0.2, 0.25) is 0 Å². The Morgan fingerprint density at radius 1 is 0.840 bits per heavy atom. The van der Waals surface area contributed by atoms with Crippen molar-refractivity contribution >= 4 is 11.9 Å². The summed E-state index contributed by atoms with van der Waals surface area (Å²) in [6.07, 6.45) is 6.99. The number of terminal acetylenes is 1. The van der Waals surface area contributed by atoms with E-state index in [1.807, 2.05) is 78.9 Å². The summed E-state index contributed by atoms with van der Waals surface area (Å²) >= 11 is 0. The van der Waals surface area contributed by atoms with E-state index in [2.05, 4.69) is 10.9 Å². The summed E-state index contributed by atoms with van der Waals surface area (Å²) in [5, 5.41) is 0. The maximum absolute atomic E-state index is 5.76. The van der Waals surface area contributed by atoms with Crippen LogP contribution in [-0.4, -0.2) is 12.8 Å². The second-order valence-corrected chi connectivity index (χ2v) is 5.23. The van der Waals surface area contributed by atoms with Crippen LogP contribution >= 0.6 is 0 Å². The molecule has 0 unspecified atom stereocenters. The first kappa shape index (κ1) is 16.4. The van der Waals surface area contributed by atoms with Crippen molar-refractivity contribution in [3.8, 4) is 29.6 Å². The lowest BCUT2D eigenvalue weighted by Crippen LogP contribution is -1.93. The molecule has 25 heavy (non-hydrogen) atoms. The lowest BCUT2D eigenvalue weighted by Gasteiger charge is -2.05. The highest BCUT2D eigenvalue weighted by Crippen LogP contribution is 2.23. The Balaban J connectivity index is 1.65. The minimum absolute atomic E-state index is 0.253. The van der Waals surface area contributed by atoms with Crippen molar-refractivity contribution in [2.24, 2.45) is 4.99 Å². The van der Waals surface area contributed by atoms with Crippen molar-refractivity contribution in [2.45, 2.75) is 0 Å². The summed E-state index contributed by atoms with van der Waals surface area (Å²) in [5.41, 5.74) is 1.79. The third-order valence-electron chi connectivity index (χ3n) is 3.36. The van der Waals surface area contributed by atoms with Crippen molar-refractivity contribution in [3.05, 3.63) is 84.4 Å². The maximum atomic E-state index is 5.76. The third-order valence-corrected chi connectivity index (χ3v) is 3.36. The molecule has 0 aliphatic carbocycles. The van der Waals surface area contributed by atoms with Crippen molar-refractivity contribution in [1.82, 2.24) is 0 Å². The predicted octanol–water partition coefficient (Wildman–Crippen LogP) is 5.24. The molecule has 0 fully saturated rings. The van der Waals surface area contributed by atoms with Crippen LogP contribution in [0.5, 0.6) is 17.2 Å². The number of benzene rings is 3. The van der Waals surface area contributed by atoms with E-state index in [0.717, 1.165) is 28.5 Å². The summed E-state index contributed by atoms with van der Waals surface area (Å²) in [5.74, 6) is 4.76. The Morgan fingerprint density at radius 3 is 2.32 bits per heavy atom. The van der Waals surface area contributed by atoms with E-state index >= 15 is 0 Å². The van der Waals surface area contributed by atoms with Gasteiger partial charge < -0.3 is 9.47 Å². The number of aliphatic imine (C=N–C) groups is 1. The van der Waals surface area contributed by atoms with E-state index in [9.17, 15) is 0 Å². The Labute approximate surface area is 147 Å². The van der Waals surface area contributed by atoms with Gasteiger partial charge in [-0.25, -0.2) is 0 Å². The van der Waals surface area contributed by atoms with Crippen LogP contribution in [0.3, 0.4) is 0 Å². The highest BCUT2D eigenvalue weighted by atomic mass is 16.5. The molecule has 0 saturated heterocycles. The minimum atomic E-state index is 0.253. The van der Waals surface area contributed by atoms with E-state index < -0.39 is 0 Å². The predicted molar refractivity (Wildman–Crippen MR) is 101 cm³/mol. The second-order valence-electron chi connectivity index (χ2n) is 5.23. The van der Waals surface area contributed by atoms with E-state index in [0.29, 0.717) is 0 Å². The van der Waals surface area contributed by atoms with Gasteiger partial charge in [0, 0.05) is 6.21 Å². The fourth-order valence-electron chi connectivity index (χ4n) is 2.18. The SMILES string of the molecule is C#CCOc1cccc(C=Nc2ccc(Oc3ccccc3)cc2)c1. The fourth-order valence-corrected chi connectivity index (χ4v) is 2.18.